The highest BCUT2D eigenvalue weighted by molar-refractivity contribution is 7.19. The smallest absolute Gasteiger partial charge is 0.312 e. The summed E-state index contributed by atoms with van der Waals surface area (Å²) in [5.74, 6) is -1.19. The average molecular weight is 248 g/mol. The monoisotopic (exact) mass is 248 g/mol. The van der Waals surface area contributed by atoms with Crippen LogP contribution in [0.25, 0.3) is 0 Å². The van der Waals surface area contributed by atoms with Gasteiger partial charge >= 0.3 is 11.9 Å². The summed E-state index contributed by atoms with van der Waals surface area (Å²) in [6, 6.07) is 0. The average Bonchev–Trinajstić information content (AvgIpc) is 2.25. The largest absolute Gasteiger partial charge is 0.481 e. The molecule has 0 aliphatic carbocycles. The molecule has 0 aliphatic rings. The van der Waals surface area contributed by atoms with Crippen molar-refractivity contribution < 1.29 is 19.4 Å². The number of hydrogen-bond acceptors (Lipinski definition) is 3. The van der Waals surface area contributed by atoms with Crippen LogP contribution in [-0.4, -0.2) is 29.3 Å². The Bertz CT molecular complexity index is 248. The van der Waals surface area contributed by atoms with Gasteiger partial charge in [0, 0.05) is 0 Å². The first-order valence-electron chi connectivity index (χ1n) is 5.59. The molecule has 0 heterocycles. The summed E-state index contributed by atoms with van der Waals surface area (Å²) in [6.07, 6.45) is 1.34. The van der Waals surface area contributed by atoms with E-state index < -0.39 is 17.0 Å². The molecule has 4 nitrogen and oxygen atoms in total. The normalized spacial score (nSPS) is 13.2. The zero-order chi connectivity index (χ0) is 12.8. The van der Waals surface area contributed by atoms with Crippen LogP contribution in [0.1, 0.15) is 40.0 Å². The molecule has 1 N–H and O–H groups in total. The fourth-order valence-corrected chi connectivity index (χ4v) is 2.23. The highest BCUT2D eigenvalue weighted by Crippen LogP contribution is 2.34. The minimum absolute atomic E-state index is 0.304. The van der Waals surface area contributed by atoms with Crippen LogP contribution in [-0.2, 0) is 14.3 Å². The molecule has 0 aromatic carbocycles. The summed E-state index contributed by atoms with van der Waals surface area (Å²) in [7, 11) is 2.38. The van der Waals surface area contributed by atoms with Crippen LogP contribution in [0.5, 0.6) is 0 Å². The number of carbonyl (C=O) groups is 2. The summed E-state index contributed by atoms with van der Waals surface area (Å²) in [5, 5.41) is 9.22. The second-order valence-electron chi connectivity index (χ2n) is 3.86. The highest BCUT2D eigenvalue weighted by Gasteiger charge is 2.38. The van der Waals surface area contributed by atoms with Crippen LogP contribution < -0.4 is 0 Å². The Morgan fingerprint density at radius 3 is 2.12 bits per heavy atom. The second-order valence-corrected chi connectivity index (χ2v) is 4.66. The van der Waals surface area contributed by atoms with Gasteiger partial charge in [0.25, 0.3) is 0 Å². The molecule has 0 aliphatic heterocycles. The Morgan fingerprint density at radius 2 is 1.81 bits per heavy atom. The number of hydrogen-bond donors (Lipinski definition) is 1. The van der Waals surface area contributed by atoms with Gasteiger partial charge in [0.15, 0.2) is 0 Å². The van der Waals surface area contributed by atoms with Crippen LogP contribution in [0.15, 0.2) is 0 Å². The summed E-state index contributed by atoms with van der Waals surface area (Å²) >= 11 is 0. The number of ether oxygens (including phenoxy) is 1. The van der Waals surface area contributed by atoms with Crippen molar-refractivity contribution in [2.45, 2.75) is 45.7 Å². The first-order valence-corrected chi connectivity index (χ1v) is 6.25. The Kier molecular flexibility index (Phi) is 6.58. The first kappa shape index (κ1) is 15.4. The SMILES string of the molecule is CCOC(=O)C(P)CC(CC)(CC)C(=O)O. The van der Waals surface area contributed by atoms with Gasteiger partial charge < -0.3 is 9.84 Å². The Morgan fingerprint density at radius 1 is 1.31 bits per heavy atom. The van der Waals surface area contributed by atoms with E-state index in [-0.39, 0.29) is 5.97 Å². The maximum Gasteiger partial charge on any atom is 0.312 e. The molecule has 2 atom stereocenters. The number of rotatable bonds is 7. The molecule has 0 fully saturated rings. The number of carbonyl (C=O) groups excluding carboxylic acids is 1. The number of carboxylic acids is 1. The maximum atomic E-state index is 11.4. The van der Waals surface area contributed by atoms with Gasteiger partial charge in [0.05, 0.1) is 17.7 Å². The number of esters is 1. The predicted molar refractivity (Wildman–Crippen MR) is 65.4 cm³/mol. The van der Waals surface area contributed by atoms with Gasteiger partial charge in [0.1, 0.15) is 0 Å². The molecule has 0 radical (unpaired) electrons. The molecular formula is C11H21O4P. The molecular weight excluding hydrogens is 227 g/mol. The van der Waals surface area contributed by atoms with Crippen LogP contribution in [0.2, 0.25) is 0 Å². The van der Waals surface area contributed by atoms with E-state index in [2.05, 4.69) is 9.24 Å². The molecule has 16 heavy (non-hydrogen) atoms. The topological polar surface area (TPSA) is 63.6 Å². The van der Waals surface area contributed by atoms with Crippen molar-refractivity contribution in [3.8, 4) is 0 Å². The van der Waals surface area contributed by atoms with Crippen LogP contribution in [0.4, 0.5) is 0 Å². The Balaban J connectivity index is 4.63. The number of aliphatic carboxylic acids is 1. The first-order chi connectivity index (χ1) is 7.43. The fraction of sp³-hybridized carbons (Fsp3) is 0.818. The van der Waals surface area contributed by atoms with Crippen LogP contribution >= 0.6 is 9.24 Å². The molecule has 0 rings (SSSR count). The van der Waals surface area contributed by atoms with E-state index in [0.29, 0.717) is 25.9 Å². The molecule has 0 saturated heterocycles. The van der Waals surface area contributed by atoms with Crippen molar-refractivity contribution in [2.24, 2.45) is 5.41 Å². The third-order valence-corrected chi connectivity index (χ3v) is 3.52. The van der Waals surface area contributed by atoms with Crippen molar-refractivity contribution in [3.63, 3.8) is 0 Å². The van der Waals surface area contributed by atoms with Crippen LogP contribution in [0.3, 0.4) is 0 Å². The lowest BCUT2D eigenvalue weighted by Gasteiger charge is -2.28. The molecule has 5 heteroatoms. The molecule has 94 valence electrons. The molecule has 0 amide bonds. The maximum absolute atomic E-state index is 11.4. The summed E-state index contributed by atoms with van der Waals surface area (Å²) in [4.78, 5) is 22.7. The molecule has 0 aromatic rings. The van der Waals surface area contributed by atoms with Crippen molar-refractivity contribution in [2.75, 3.05) is 6.61 Å². The predicted octanol–water partition coefficient (Wildman–Crippen LogP) is 2.07. The van der Waals surface area contributed by atoms with Crippen molar-refractivity contribution in [1.29, 1.82) is 0 Å². The molecule has 2 unspecified atom stereocenters. The van der Waals surface area contributed by atoms with Gasteiger partial charge in [-0.3, -0.25) is 9.59 Å². The minimum atomic E-state index is -0.839. The molecule has 0 spiro atoms. The van der Waals surface area contributed by atoms with Gasteiger partial charge in [-0.1, -0.05) is 13.8 Å². The highest BCUT2D eigenvalue weighted by atomic mass is 31.0. The zero-order valence-corrected chi connectivity index (χ0v) is 11.3. The van der Waals surface area contributed by atoms with Gasteiger partial charge in [0.2, 0.25) is 0 Å². The standard InChI is InChI=1S/C11H21O4P/c1-4-11(5-2,10(13)14)7-8(16)9(12)15-6-3/h8H,4-7,16H2,1-3H3,(H,13,14). The van der Waals surface area contributed by atoms with E-state index >= 15 is 0 Å². The summed E-state index contributed by atoms with van der Waals surface area (Å²) in [6.45, 7) is 5.72. The second kappa shape index (κ2) is 6.85. The van der Waals surface area contributed by atoms with E-state index in [4.69, 9.17) is 4.74 Å². The summed E-state index contributed by atoms with van der Waals surface area (Å²) < 4.78 is 4.87. The molecule has 0 aromatic heterocycles. The molecule has 0 bridgehead atoms. The Hall–Kier alpha value is -0.630. The quantitative estimate of drug-likeness (QED) is 0.553. The third-order valence-electron chi connectivity index (χ3n) is 3.01. The lowest BCUT2D eigenvalue weighted by atomic mass is 9.78. The zero-order valence-electron chi connectivity index (χ0n) is 10.2. The summed E-state index contributed by atoms with van der Waals surface area (Å²) in [5.41, 5.74) is -1.27. The van der Waals surface area contributed by atoms with Gasteiger partial charge in [-0.05, 0) is 26.2 Å². The van der Waals surface area contributed by atoms with E-state index in [1.54, 1.807) is 6.92 Å². The lowest BCUT2D eigenvalue weighted by molar-refractivity contribution is -0.151. The van der Waals surface area contributed by atoms with E-state index in [9.17, 15) is 14.7 Å². The number of carboxylic acid groups (broad SMARTS) is 1. The van der Waals surface area contributed by atoms with Crippen LogP contribution in [0, 0.1) is 5.41 Å². The fourth-order valence-electron chi connectivity index (χ4n) is 1.68. The van der Waals surface area contributed by atoms with Crippen molar-refractivity contribution >= 4 is 21.2 Å². The van der Waals surface area contributed by atoms with Crippen molar-refractivity contribution in [3.05, 3.63) is 0 Å². The minimum Gasteiger partial charge on any atom is -0.481 e. The van der Waals surface area contributed by atoms with Crippen molar-refractivity contribution in [1.82, 2.24) is 0 Å². The Labute approximate surface area is 98.9 Å². The van der Waals surface area contributed by atoms with E-state index in [0.717, 1.165) is 0 Å². The lowest BCUT2D eigenvalue weighted by Crippen LogP contribution is -2.35. The van der Waals surface area contributed by atoms with Gasteiger partial charge in [-0.15, -0.1) is 9.24 Å². The third kappa shape index (κ3) is 3.75. The van der Waals surface area contributed by atoms with E-state index in [1.165, 1.54) is 0 Å². The van der Waals surface area contributed by atoms with E-state index in [1.807, 2.05) is 13.8 Å². The van der Waals surface area contributed by atoms with Gasteiger partial charge in [-0.2, -0.15) is 0 Å². The molecule has 0 saturated carbocycles. The van der Waals surface area contributed by atoms with Gasteiger partial charge in [-0.25, -0.2) is 0 Å².